The summed E-state index contributed by atoms with van der Waals surface area (Å²) in [5.74, 6) is 1.26. The Labute approximate surface area is 124 Å². The summed E-state index contributed by atoms with van der Waals surface area (Å²) >= 11 is 5.99. The molecule has 2 aromatic rings. The van der Waals surface area contributed by atoms with Crippen molar-refractivity contribution in [1.29, 1.82) is 0 Å². The van der Waals surface area contributed by atoms with Gasteiger partial charge in [-0.05, 0) is 28.7 Å². The first-order chi connectivity index (χ1) is 9.40. The van der Waals surface area contributed by atoms with Gasteiger partial charge in [0.1, 0.15) is 5.75 Å². The van der Waals surface area contributed by atoms with Gasteiger partial charge in [-0.25, -0.2) is 4.98 Å². The summed E-state index contributed by atoms with van der Waals surface area (Å²) in [6, 6.07) is 9.78. The van der Waals surface area contributed by atoms with Crippen LogP contribution in [0.25, 0.3) is 0 Å². The molecule has 0 saturated carbocycles. The van der Waals surface area contributed by atoms with Crippen molar-refractivity contribution in [2.75, 3.05) is 0 Å². The van der Waals surface area contributed by atoms with Gasteiger partial charge in [0.25, 0.3) is 0 Å². The van der Waals surface area contributed by atoms with Crippen LogP contribution in [0.4, 0.5) is 0 Å². The van der Waals surface area contributed by atoms with Gasteiger partial charge in [-0.1, -0.05) is 44.5 Å². The lowest BCUT2D eigenvalue weighted by molar-refractivity contribution is 0.459. The fourth-order valence-electron chi connectivity index (χ4n) is 1.82. The SMILES string of the molecule is CC(C)(C)c1cccc(Oc2cc(CN)c(Cl)cn2)c1. The van der Waals surface area contributed by atoms with Gasteiger partial charge >= 0.3 is 0 Å². The van der Waals surface area contributed by atoms with Crippen molar-refractivity contribution in [3.63, 3.8) is 0 Å². The molecule has 1 aromatic heterocycles. The number of aromatic nitrogens is 1. The molecule has 0 unspecified atom stereocenters. The maximum Gasteiger partial charge on any atom is 0.219 e. The Balaban J connectivity index is 2.26. The quantitative estimate of drug-likeness (QED) is 0.917. The standard InChI is InChI=1S/C16H19ClN2O/c1-16(2,3)12-5-4-6-13(8-12)20-15-7-11(9-18)14(17)10-19-15/h4-8,10H,9,18H2,1-3H3. The van der Waals surface area contributed by atoms with Crippen LogP contribution in [0, 0.1) is 0 Å². The van der Waals surface area contributed by atoms with E-state index in [9.17, 15) is 0 Å². The monoisotopic (exact) mass is 290 g/mol. The van der Waals surface area contributed by atoms with E-state index in [-0.39, 0.29) is 5.41 Å². The molecule has 0 atom stereocenters. The van der Waals surface area contributed by atoms with Gasteiger partial charge in [-0.15, -0.1) is 0 Å². The molecule has 0 saturated heterocycles. The minimum atomic E-state index is 0.0786. The zero-order chi connectivity index (χ0) is 14.8. The highest BCUT2D eigenvalue weighted by atomic mass is 35.5. The van der Waals surface area contributed by atoms with E-state index in [1.54, 1.807) is 12.3 Å². The molecule has 0 fully saturated rings. The average Bonchev–Trinajstić information content (AvgIpc) is 2.40. The minimum absolute atomic E-state index is 0.0786. The Bertz CT molecular complexity index is 606. The third kappa shape index (κ3) is 3.50. The van der Waals surface area contributed by atoms with E-state index >= 15 is 0 Å². The number of hydrogen-bond donors (Lipinski definition) is 1. The van der Waals surface area contributed by atoms with Crippen LogP contribution in [-0.4, -0.2) is 4.98 Å². The lowest BCUT2D eigenvalue weighted by Gasteiger charge is -2.19. The van der Waals surface area contributed by atoms with Crippen LogP contribution in [0.15, 0.2) is 36.5 Å². The lowest BCUT2D eigenvalue weighted by Crippen LogP contribution is -2.10. The molecule has 106 valence electrons. The topological polar surface area (TPSA) is 48.1 Å². The van der Waals surface area contributed by atoms with Crippen LogP contribution >= 0.6 is 11.6 Å². The first-order valence-electron chi connectivity index (χ1n) is 6.53. The Morgan fingerprint density at radius 2 is 2.00 bits per heavy atom. The van der Waals surface area contributed by atoms with Gasteiger partial charge in [0.2, 0.25) is 5.88 Å². The van der Waals surface area contributed by atoms with Crippen molar-refractivity contribution in [2.24, 2.45) is 5.73 Å². The van der Waals surface area contributed by atoms with Gasteiger partial charge in [-0.3, -0.25) is 0 Å². The number of pyridine rings is 1. The maximum atomic E-state index is 5.99. The predicted octanol–water partition coefficient (Wildman–Crippen LogP) is 4.28. The Morgan fingerprint density at radius 1 is 1.25 bits per heavy atom. The zero-order valence-electron chi connectivity index (χ0n) is 12.0. The molecule has 2 N–H and O–H groups in total. The molecule has 0 radical (unpaired) electrons. The van der Waals surface area contributed by atoms with E-state index in [2.05, 4.69) is 31.8 Å². The van der Waals surface area contributed by atoms with E-state index in [1.165, 1.54) is 5.56 Å². The molecular weight excluding hydrogens is 272 g/mol. The Morgan fingerprint density at radius 3 is 2.65 bits per heavy atom. The highest BCUT2D eigenvalue weighted by molar-refractivity contribution is 6.31. The van der Waals surface area contributed by atoms with Crippen LogP contribution in [0.1, 0.15) is 31.9 Å². The fourth-order valence-corrected chi connectivity index (χ4v) is 2.00. The average molecular weight is 291 g/mol. The normalized spacial score (nSPS) is 11.4. The van der Waals surface area contributed by atoms with E-state index in [0.717, 1.165) is 11.3 Å². The number of ether oxygens (including phenoxy) is 1. The van der Waals surface area contributed by atoms with Crippen LogP contribution < -0.4 is 10.5 Å². The third-order valence-electron chi connectivity index (χ3n) is 3.05. The second-order valence-corrected chi connectivity index (χ2v) is 6.11. The highest BCUT2D eigenvalue weighted by Crippen LogP contribution is 2.28. The van der Waals surface area contributed by atoms with Gasteiger partial charge in [0, 0.05) is 18.8 Å². The number of halogens is 1. The fraction of sp³-hybridized carbons (Fsp3) is 0.312. The summed E-state index contributed by atoms with van der Waals surface area (Å²) in [5.41, 5.74) is 7.74. The first-order valence-corrected chi connectivity index (χ1v) is 6.91. The second-order valence-electron chi connectivity index (χ2n) is 5.70. The van der Waals surface area contributed by atoms with Crippen molar-refractivity contribution in [2.45, 2.75) is 32.7 Å². The van der Waals surface area contributed by atoms with Crippen molar-refractivity contribution < 1.29 is 4.74 Å². The van der Waals surface area contributed by atoms with Crippen LogP contribution in [0.3, 0.4) is 0 Å². The number of rotatable bonds is 3. The summed E-state index contributed by atoms with van der Waals surface area (Å²) in [4.78, 5) is 4.16. The number of nitrogens with zero attached hydrogens (tertiary/aromatic N) is 1. The highest BCUT2D eigenvalue weighted by Gasteiger charge is 2.14. The molecule has 0 aliphatic heterocycles. The molecule has 0 spiro atoms. The molecule has 1 heterocycles. The molecule has 3 nitrogen and oxygen atoms in total. The molecule has 20 heavy (non-hydrogen) atoms. The second kappa shape index (κ2) is 5.81. The lowest BCUT2D eigenvalue weighted by atomic mass is 9.87. The molecule has 0 aliphatic carbocycles. The summed E-state index contributed by atoms with van der Waals surface area (Å²) < 4.78 is 5.79. The summed E-state index contributed by atoms with van der Waals surface area (Å²) in [5, 5.41) is 0.559. The van der Waals surface area contributed by atoms with Crippen molar-refractivity contribution in [3.05, 3.63) is 52.7 Å². The van der Waals surface area contributed by atoms with Crippen LogP contribution in [0.5, 0.6) is 11.6 Å². The van der Waals surface area contributed by atoms with Crippen LogP contribution in [-0.2, 0) is 12.0 Å². The smallest absolute Gasteiger partial charge is 0.219 e. The summed E-state index contributed by atoms with van der Waals surface area (Å²) in [6.45, 7) is 6.86. The summed E-state index contributed by atoms with van der Waals surface area (Å²) in [6.07, 6.45) is 1.56. The van der Waals surface area contributed by atoms with E-state index < -0.39 is 0 Å². The number of nitrogens with two attached hydrogens (primary N) is 1. The van der Waals surface area contributed by atoms with Gasteiger partial charge in [0.05, 0.1) is 5.02 Å². The maximum absolute atomic E-state index is 5.99. The molecule has 1 aromatic carbocycles. The van der Waals surface area contributed by atoms with Gasteiger partial charge in [0.15, 0.2) is 0 Å². The molecule has 2 rings (SSSR count). The van der Waals surface area contributed by atoms with Crippen molar-refractivity contribution in [3.8, 4) is 11.6 Å². The predicted molar refractivity (Wildman–Crippen MR) is 82.4 cm³/mol. The third-order valence-corrected chi connectivity index (χ3v) is 3.39. The van der Waals surface area contributed by atoms with Crippen molar-refractivity contribution in [1.82, 2.24) is 4.98 Å². The van der Waals surface area contributed by atoms with Gasteiger partial charge in [-0.2, -0.15) is 0 Å². The van der Waals surface area contributed by atoms with E-state index in [4.69, 9.17) is 22.1 Å². The minimum Gasteiger partial charge on any atom is -0.439 e. The first kappa shape index (κ1) is 14.8. The molecule has 0 amide bonds. The molecule has 4 heteroatoms. The molecular formula is C16H19ClN2O. The molecule has 0 aliphatic rings. The molecule has 0 bridgehead atoms. The van der Waals surface area contributed by atoms with E-state index in [0.29, 0.717) is 17.4 Å². The number of benzene rings is 1. The van der Waals surface area contributed by atoms with Crippen LogP contribution in [0.2, 0.25) is 5.02 Å². The summed E-state index contributed by atoms with van der Waals surface area (Å²) in [7, 11) is 0. The van der Waals surface area contributed by atoms with Gasteiger partial charge < -0.3 is 10.5 Å². The Kier molecular flexibility index (Phi) is 4.31. The number of hydrogen-bond acceptors (Lipinski definition) is 3. The zero-order valence-corrected chi connectivity index (χ0v) is 12.7. The largest absolute Gasteiger partial charge is 0.439 e. The van der Waals surface area contributed by atoms with Crippen molar-refractivity contribution >= 4 is 11.6 Å². The Hall–Kier alpha value is -1.58. The van der Waals surface area contributed by atoms with E-state index in [1.807, 2.05) is 18.2 Å².